The van der Waals surface area contributed by atoms with Crippen LogP contribution in [0, 0.1) is 5.41 Å². The Morgan fingerprint density at radius 1 is 1.00 bits per heavy atom. The maximum atomic E-state index is 13.0. The molecular formula is C20H20F5N7. The number of piperidine rings is 1. The van der Waals surface area contributed by atoms with Crippen LogP contribution in [-0.4, -0.2) is 57.3 Å². The lowest BCUT2D eigenvalue weighted by Crippen LogP contribution is -2.60. The highest BCUT2D eigenvalue weighted by atomic mass is 19.4. The first-order valence-corrected chi connectivity index (χ1v) is 10.2. The summed E-state index contributed by atoms with van der Waals surface area (Å²) in [7, 11) is 0. The Hall–Kier alpha value is -3.05. The van der Waals surface area contributed by atoms with Gasteiger partial charge in [0.2, 0.25) is 0 Å². The molecule has 0 bridgehead atoms. The van der Waals surface area contributed by atoms with Crippen LogP contribution in [0.15, 0.2) is 30.9 Å². The number of aromatic nitrogens is 5. The lowest BCUT2D eigenvalue weighted by atomic mass is 9.72. The molecule has 170 valence electrons. The molecule has 0 aromatic carbocycles. The van der Waals surface area contributed by atoms with Gasteiger partial charge in [-0.2, -0.15) is 18.3 Å². The number of nitrogens with zero attached hydrogens (tertiary/aromatic N) is 7. The molecule has 32 heavy (non-hydrogen) atoms. The van der Waals surface area contributed by atoms with Gasteiger partial charge < -0.3 is 9.80 Å². The standard InChI is InChI=1S/C20H20F5N7/c21-16(22)10-32-18-15(8-28-32)27-9-17(29-18)30-3-1-19(2-4-30)11-31(12-19)14-5-13(6-26-7-14)20(23,24)25/h5-9,16H,1-4,10-12H2. The average Bonchev–Trinajstić information content (AvgIpc) is 3.13. The van der Waals surface area contributed by atoms with Crippen molar-refractivity contribution in [3.8, 4) is 0 Å². The third kappa shape index (κ3) is 3.82. The van der Waals surface area contributed by atoms with Crippen molar-refractivity contribution in [3.63, 3.8) is 0 Å². The van der Waals surface area contributed by atoms with Crippen LogP contribution >= 0.6 is 0 Å². The van der Waals surface area contributed by atoms with Crippen LogP contribution < -0.4 is 9.80 Å². The number of hydrogen-bond donors (Lipinski definition) is 0. The summed E-state index contributed by atoms with van der Waals surface area (Å²) < 4.78 is 65.5. The fourth-order valence-electron chi connectivity index (χ4n) is 4.48. The molecule has 7 nitrogen and oxygen atoms in total. The maximum Gasteiger partial charge on any atom is 0.417 e. The molecule has 5 rings (SSSR count). The largest absolute Gasteiger partial charge is 0.417 e. The summed E-state index contributed by atoms with van der Waals surface area (Å²) in [5, 5.41) is 3.94. The highest BCUT2D eigenvalue weighted by Crippen LogP contribution is 2.43. The van der Waals surface area contributed by atoms with Gasteiger partial charge in [0, 0.05) is 37.8 Å². The van der Waals surface area contributed by atoms with Gasteiger partial charge in [-0.3, -0.25) is 4.98 Å². The molecule has 1 spiro atoms. The van der Waals surface area contributed by atoms with Gasteiger partial charge >= 0.3 is 6.18 Å². The zero-order valence-corrected chi connectivity index (χ0v) is 16.9. The van der Waals surface area contributed by atoms with Gasteiger partial charge in [0.05, 0.1) is 29.8 Å². The fraction of sp³-hybridized carbons (Fsp3) is 0.500. The third-order valence-corrected chi connectivity index (χ3v) is 6.26. The second-order valence-electron chi connectivity index (χ2n) is 8.43. The molecule has 0 atom stereocenters. The molecule has 0 radical (unpaired) electrons. The molecule has 0 unspecified atom stereocenters. The van der Waals surface area contributed by atoms with Crippen LogP contribution in [0.4, 0.5) is 33.5 Å². The molecule has 2 aliphatic rings. The van der Waals surface area contributed by atoms with E-state index in [1.165, 1.54) is 12.4 Å². The minimum atomic E-state index is -4.41. The Kier molecular flexibility index (Phi) is 4.90. The highest BCUT2D eigenvalue weighted by Gasteiger charge is 2.45. The normalized spacial score (nSPS) is 18.6. The van der Waals surface area contributed by atoms with E-state index in [1.807, 2.05) is 4.90 Å². The summed E-state index contributed by atoms with van der Waals surface area (Å²) in [6.07, 6.45) is 0.0999. The predicted octanol–water partition coefficient (Wildman–Crippen LogP) is 3.61. The number of pyridine rings is 1. The summed E-state index contributed by atoms with van der Waals surface area (Å²) in [5.74, 6) is 0.613. The first kappa shape index (κ1) is 20.8. The van der Waals surface area contributed by atoms with Gasteiger partial charge in [0.15, 0.2) is 5.65 Å². The number of rotatable bonds is 4. The SMILES string of the molecule is FC(F)Cn1ncc2ncc(N3CCC4(CC3)CN(c3cncc(C(F)(F)F)c3)C4)nc21. The van der Waals surface area contributed by atoms with Crippen LogP contribution in [0.3, 0.4) is 0 Å². The van der Waals surface area contributed by atoms with Crippen LogP contribution in [0.2, 0.25) is 0 Å². The zero-order valence-electron chi connectivity index (χ0n) is 16.9. The number of halogens is 5. The van der Waals surface area contributed by atoms with Crippen LogP contribution in [0.5, 0.6) is 0 Å². The van der Waals surface area contributed by atoms with Gasteiger partial charge in [0.25, 0.3) is 6.43 Å². The molecule has 2 aliphatic heterocycles. The van der Waals surface area contributed by atoms with Crippen molar-refractivity contribution in [2.75, 3.05) is 36.0 Å². The summed E-state index contributed by atoms with van der Waals surface area (Å²) in [6.45, 7) is 2.23. The molecular weight excluding hydrogens is 433 g/mol. The number of anilines is 2. The minimum Gasteiger partial charge on any atom is -0.369 e. The molecule has 0 N–H and O–H groups in total. The first-order valence-electron chi connectivity index (χ1n) is 10.2. The molecule has 3 aromatic heterocycles. The smallest absolute Gasteiger partial charge is 0.369 e. The molecule has 0 saturated carbocycles. The van der Waals surface area contributed by atoms with Crippen molar-refractivity contribution in [3.05, 3.63) is 36.4 Å². The number of hydrogen-bond acceptors (Lipinski definition) is 6. The van der Waals surface area contributed by atoms with E-state index in [9.17, 15) is 22.0 Å². The Balaban J connectivity index is 1.24. The molecule has 5 heterocycles. The van der Waals surface area contributed by atoms with Crippen molar-refractivity contribution in [2.24, 2.45) is 5.41 Å². The van der Waals surface area contributed by atoms with Gasteiger partial charge in [0.1, 0.15) is 17.9 Å². The molecule has 3 aromatic rings. The van der Waals surface area contributed by atoms with E-state index in [4.69, 9.17) is 0 Å². The van der Waals surface area contributed by atoms with Crippen LogP contribution in [0.1, 0.15) is 18.4 Å². The summed E-state index contributed by atoms with van der Waals surface area (Å²) >= 11 is 0. The average molecular weight is 453 g/mol. The second-order valence-corrected chi connectivity index (χ2v) is 8.43. The van der Waals surface area contributed by atoms with E-state index in [0.717, 1.165) is 29.8 Å². The van der Waals surface area contributed by atoms with Crippen LogP contribution in [-0.2, 0) is 12.7 Å². The number of alkyl halides is 5. The number of fused-ring (bicyclic) bond motifs is 1. The second kappa shape index (κ2) is 7.52. The van der Waals surface area contributed by atoms with E-state index in [1.54, 1.807) is 6.20 Å². The quantitative estimate of drug-likeness (QED) is 0.563. The first-order chi connectivity index (χ1) is 15.2. The van der Waals surface area contributed by atoms with E-state index in [-0.39, 0.29) is 5.41 Å². The molecule has 0 aliphatic carbocycles. The van der Waals surface area contributed by atoms with Gasteiger partial charge in [-0.1, -0.05) is 0 Å². The Bertz CT molecular complexity index is 1110. The molecule has 0 amide bonds. The highest BCUT2D eigenvalue weighted by molar-refractivity contribution is 5.71. The van der Waals surface area contributed by atoms with Gasteiger partial charge in [-0.15, -0.1) is 0 Å². The van der Waals surface area contributed by atoms with E-state index < -0.39 is 24.7 Å². The summed E-state index contributed by atoms with van der Waals surface area (Å²) in [6, 6.07) is 1.14. The van der Waals surface area contributed by atoms with E-state index in [2.05, 4.69) is 25.0 Å². The minimum absolute atomic E-state index is 0.0414. The van der Waals surface area contributed by atoms with Gasteiger partial charge in [-0.05, 0) is 18.9 Å². The van der Waals surface area contributed by atoms with Crippen molar-refractivity contribution in [2.45, 2.75) is 32.0 Å². The molecule has 2 fully saturated rings. The molecule has 2 saturated heterocycles. The Labute approximate surface area is 179 Å². The fourth-order valence-corrected chi connectivity index (χ4v) is 4.48. The van der Waals surface area contributed by atoms with E-state index in [0.29, 0.717) is 48.8 Å². The molecule has 12 heteroatoms. The lowest BCUT2D eigenvalue weighted by molar-refractivity contribution is -0.137. The summed E-state index contributed by atoms with van der Waals surface area (Å²) in [5.41, 5.74) is 0.573. The van der Waals surface area contributed by atoms with Crippen molar-refractivity contribution >= 4 is 22.7 Å². The topological polar surface area (TPSA) is 63.0 Å². The van der Waals surface area contributed by atoms with Crippen LogP contribution in [0.25, 0.3) is 11.2 Å². The Morgan fingerprint density at radius 2 is 1.75 bits per heavy atom. The van der Waals surface area contributed by atoms with E-state index >= 15 is 0 Å². The van der Waals surface area contributed by atoms with Crippen molar-refractivity contribution in [1.29, 1.82) is 0 Å². The predicted molar refractivity (Wildman–Crippen MR) is 107 cm³/mol. The monoisotopic (exact) mass is 453 g/mol. The lowest BCUT2D eigenvalue weighted by Gasteiger charge is -2.55. The summed E-state index contributed by atoms with van der Waals surface area (Å²) in [4.78, 5) is 16.5. The maximum absolute atomic E-state index is 13.0. The zero-order chi connectivity index (χ0) is 22.5. The third-order valence-electron chi connectivity index (χ3n) is 6.26. The van der Waals surface area contributed by atoms with Gasteiger partial charge in [-0.25, -0.2) is 23.4 Å². The van der Waals surface area contributed by atoms with Crippen molar-refractivity contribution < 1.29 is 22.0 Å². The Morgan fingerprint density at radius 3 is 2.44 bits per heavy atom. The van der Waals surface area contributed by atoms with Crippen molar-refractivity contribution in [1.82, 2.24) is 24.7 Å².